The van der Waals surface area contributed by atoms with Crippen LogP contribution in [0.15, 0.2) is 59.1 Å². The van der Waals surface area contributed by atoms with Crippen LogP contribution < -0.4 is 5.32 Å². The first-order valence-corrected chi connectivity index (χ1v) is 10.3. The largest absolute Gasteiger partial charge is 0.349 e. The summed E-state index contributed by atoms with van der Waals surface area (Å²) in [7, 11) is 0. The van der Waals surface area contributed by atoms with Gasteiger partial charge in [0.2, 0.25) is 0 Å². The Morgan fingerprint density at radius 1 is 1.10 bits per heavy atom. The van der Waals surface area contributed by atoms with Crippen LogP contribution in [0.1, 0.15) is 35.4 Å². The second kappa shape index (κ2) is 9.63. The number of aromatic nitrogens is 2. The maximum atomic E-state index is 13.0. The third-order valence-corrected chi connectivity index (χ3v) is 5.51. The highest BCUT2D eigenvalue weighted by molar-refractivity contribution is 5.90. The van der Waals surface area contributed by atoms with Crippen molar-refractivity contribution in [3.8, 4) is 11.5 Å². The molecule has 1 N–H and O–H groups in total. The summed E-state index contributed by atoms with van der Waals surface area (Å²) in [5, 5.41) is 6.61. The van der Waals surface area contributed by atoms with Gasteiger partial charge in [-0.2, -0.15) is 4.98 Å². The van der Waals surface area contributed by atoms with Crippen LogP contribution >= 0.6 is 0 Å². The predicted molar refractivity (Wildman–Crippen MR) is 111 cm³/mol. The van der Waals surface area contributed by atoms with Crippen molar-refractivity contribution in [3.05, 3.63) is 71.8 Å². The molecule has 0 atom stereocenters. The number of hydrogen-bond acceptors (Lipinski definition) is 5. The van der Waals surface area contributed by atoms with E-state index < -0.39 is 0 Å². The molecule has 0 spiro atoms. The number of amides is 1. The van der Waals surface area contributed by atoms with Gasteiger partial charge in [-0.15, -0.1) is 0 Å². The molecule has 0 unspecified atom stereocenters. The average molecular weight is 408 g/mol. The van der Waals surface area contributed by atoms with Gasteiger partial charge in [0.05, 0.1) is 0 Å². The van der Waals surface area contributed by atoms with E-state index in [1.54, 1.807) is 0 Å². The molecule has 3 aromatic rings. The summed E-state index contributed by atoms with van der Waals surface area (Å²) < 4.78 is 18.1. The molecule has 1 aliphatic rings. The average Bonchev–Trinajstić information content (AvgIpc) is 3.27. The fraction of sp³-hybridized carbons (Fsp3) is 0.348. The smallest absolute Gasteiger partial charge is 0.292 e. The third-order valence-electron chi connectivity index (χ3n) is 5.51. The van der Waals surface area contributed by atoms with E-state index in [4.69, 9.17) is 4.52 Å². The lowest BCUT2D eigenvalue weighted by Crippen LogP contribution is -2.35. The summed E-state index contributed by atoms with van der Waals surface area (Å²) in [6, 6.07) is 16.2. The minimum atomic E-state index is -0.353. The van der Waals surface area contributed by atoms with Gasteiger partial charge in [0, 0.05) is 18.7 Å². The van der Waals surface area contributed by atoms with E-state index in [0.29, 0.717) is 18.0 Å². The number of hydrogen-bond donors (Lipinski definition) is 1. The van der Waals surface area contributed by atoms with Crippen molar-refractivity contribution >= 4 is 5.91 Å². The SMILES string of the molecule is O=C(NCCC1CCN(Cc2ccccc2)CC1)c1noc(-c2ccc(F)cc2)n1. The highest BCUT2D eigenvalue weighted by atomic mass is 19.1. The lowest BCUT2D eigenvalue weighted by Gasteiger charge is -2.32. The molecule has 6 nitrogen and oxygen atoms in total. The Bertz CT molecular complexity index is 951. The molecule has 0 aliphatic carbocycles. The van der Waals surface area contributed by atoms with Crippen LogP contribution in [-0.4, -0.2) is 40.6 Å². The Morgan fingerprint density at radius 2 is 1.83 bits per heavy atom. The molecular formula is C23H25FN4O2. The number of rotatable bonds is 7. The fourth-order valence-corrected chi connectivity index (χ4v) is 3.77. The molecule has 30 heavy (non-hydrogen) atoms. The summed E-state index contributed by atoms with van der Waals surface area (Å²) in [6.07, 6.45) is 3.22. The summed E-state index contributed by atoms with van der Waals surface area (Å²) in [5.74, 6) is 0.103. The number of carbonyl (C=O) groups is 1. The topological polar surface area (TPSA) is 71.3 Å². The normalized spacial score (nSPS) is 15.2. The molecule has 2 heterocycles. The van der Waals surface area contributed by atoms with E-state index in [-0.39, 0.29) is 23.4 Å². The number of nitrogens with one attached hydrogen (secondary N) is 1. The number of likely N-dealkylation sites (tertiary alicyclic amines) is 1. The molecule has 0 saturated carbocycles. The first kappa shape index (κ1) is 20.2. The van der Waals surface area contributed by atoms with Crippen molar-refractivity contribution in [2.24, 2.45) is 5.92 Å². The van der Waals surface area contributed by atoms with Gasteiger partial charge in [0.1, 0.15) is 5.82 Å². The van der Waals surface area contributed by atoms with Crippen LogP contribution in [0, 0.1) is 11.7 Å². The Labute approximate surface area is 175 Å². The zero-order valence-corrected chi connectivity index (χ0v) is 16.8. The molecule has 2 aromatic carbocycles. The van der Waals surface area contributed by atoms with Crippen LogP contribution in [0.3, 0.4) is 0 Å². The van der Waals surface area contributed by atoms with Crippen LogP contribution in [0.25, 0.3) is 11.5 Å². The number of halogens is 1. The molecule has 0 bridgehead atoms. The maximum absolute atomic E-state index is 13.0. The van der Waals surface area contributed by atoms with Gasteiger partial charge in [-0.25, -0.2) is 4.39 Å². The van der Waals surface area contributed by atoms with E-state index in [9.17, 15) is 9.18 Å². The van der Waals surface area contributed by atoms with E-state index >= 15 is 0 Å². The van der Waals surface area contributed by atoms with Crippen molar-refractivity contribution in [2.45, 2.75) is 25.8 Å². The third kappa shape index (κ3) is 5.30. The lowest BCUT2D eigenvalue weighted by molar-refractivity contribution is 0.0934. The van der Waals surface area contributed by atoms with Crippen LogP contribution in [0.5, 0.6) is 0 Å². The molecule has 1 aliphatic heterocycles. The zero-order valence-electron chi connectivity index (χ0n) is 16.8. The molecule has 0 radical (unpaired) electrons. The minimum absolute atomic E-state index is 0.00740. The number of benzene rings is 2. The molecule has 1 aromatic heterocycles. The van der Waals surface area contributed by atoms with Gasteiger partial charge in [-0.3, -0.25) is 9.69 Å². The molecule has 1 amide bonds. The van der Waals surface area contributed by atoms with Gasteiger partial charge in [0.25, 0.3) is 17.6 Å². The van der Waals surface area contributed by atoms with Crippen LogP contribution in [0.4, 0.5) is 4.39 Å². The summed E-state index contributed by atoms with van der Waals surface area (Å²) in [5.41, 5.74) is 1.92. The number of carbonyl (C=O) groups excluding carboxylic acids is 1. The van der Waals surface area contributed by atoms with Crippen molar-refractivity contribution in [3.63, 3.8) is 0 Å². The molecule has 7 heteroatoms. The minimum Gasteiger partial charge on any atom is -0.349 e. The molecule has 4 rings (SSSR count). The van der Waals surface area contributed by atoms with Crippen molar-refractivity contribution < 1.29 is 13.7 Å². The van der Waals surface area contributed by atoms with Crippen LogP contribution in [-0.2, 0) is 6.54 Å². The van der Waals surface area contributed by atoms with Gasteiger partial charge in [0.15, 0.2) is 0 Å². The van der Waals surface area contributed by atoms with Gasteiger partial charge in [-0.05, 0) is 68.1 Å². The summed E-state index contributed by atoms with van der Waals surface area (Å²) >= 11 is 0. The monoisotopic (exact) mass is 408 g/mol. The molecule has 1 saturated heterocycles. The fourth-order valence-electron chi connectivity index (χ4n) is 3.77. The second-order valence-electron chi connectivity index (χ2n) is 7.68. The quantitative estimate of drug-likeness (QED) is 0.642. The first-order valence-electron chi connectivity index (χ1n) is 10.3. The number of nitrogens with zero attached hydrogens (tertiary/aromatic N) is 3. The molecular weight excluding hydrogens is 383 g/mol. The van der Waals surface area contributed by atoms with Crippen LogP contribution in [0.2, 0.25) is 0 Å². The highest BCUT2D eigenvalue weighted by Gasteiger charge is 2.20. The lowest BCUT2D eigenvalue weighted by atomic mass is 9.93. The van der Waals surface area contributed by atoms with Crippen molar-refractivity contribution in [1.29, 1.82) is 0 Å². The zero-order chi connectivity index (χ0) is 20.8. The second-order valence-corrected chi connectivity index (χ2v) is 7.68. The van der Waals surface area contributed by atoms with E-state index in [1.807, 2.05) is 6.07 Å². The van der Waals surface area contributed by atoms with Gasteiger partial charge < -0.3 is 9.84 Å². The molecule has 1 fully saturated rings. The van der Waals surface area contributed by atoms with Crippen molar-refractivity contribution in [1.82, 2.24) is 20.4 Å². The Morgan fingerprint density at radius 3 is 2.57 bits per heavy atom. The van der Waals surface area contributed by atoms with E-state index in [1.165, 1.54) is 29.8 Å². The first-order chi connectivity index (χ1) is 14.7. The van der Waals surface area contributed by atoms with E-state index in [2.05, 4.69) is 44.6 Å². The van der Waals surface area contributed by atoms with E-state index in [0.717, 1.165) is 38.9 Å². The summed E-state index contributed by atoms with van der Waals surface area (Å²) in [4.78, 5) is 18.9. The standard InChI is InChI=1S/C23H25FN4O2/c24-20-8-6-19(7-9-20)23-26-21(27-30-23)22(29)25-13-10-17-11-14-28(15-12-17)16-18-4-2-1-3-5-18/h1-9,17H,10-16H2,(H,25,29). The predicted octanol–water partition coefficient (Wildman–Crippen LogP) is 3.91. The Balaban J connectivity index is 1.19. The van der Waals surface area contributed by atoms with Crippen molar-refractivity contribution in [2.75, 3.05) is 19.6 Å². The van der Waals surface area contributed by atoms with Gasteiger partial charge in [-0.1, -0.05) is 35.5 Å². The Hall–Kier alpha value is -3.06. The number of piperidine rings is 1. The summed E-state index contributed by atoms with van der Waals surface area (Å²) in [6.45, 7) is 3.75. The molecule has 156 valence electrons. The highest BCUT2D eigenvalue weighted by Crippen LogP contribution is 2.21. The van der Waals surface area contributed by atoms with Gasteiger partial charge >= 0.3 is 0 Å². The Kier molecular flexibility index (Phi) is 6.49. The maximum Gasteiger partial charge on any atom is 0.292 e.